The second-order valence-corrected chi connectivity index (χ2v) is 8.98. The molecule has 2 heterocycles. The van der Waals surface area contributed by atoms with E-state index in [1.165, 1.54) is 40.8 Å². The molecule has 2 aromatic heterocycles. The zero-order valence-electron chi connectivity index (χ0n) is 15.3. The summed E-state index contributed by atoms with van der Waals surface area (Å²) in [5.41, 5.74) is 2.11. The summed E-state index contributed by atoms with van der Waals surface area (Å²) in [4.78, 5) is 34.5. The van der Waals surface area contributed by atoms with Crippen LogP contribution >= 0.6 is 23.1 Å². The van der Waals surface area contributed by atoms with Crippen molar-refractivity contribution >= 4 is 50.9 Å². The number of aromatic nitrogens is 2. The lowest BCUT2D eigenvalue weighted by Gasteiger charge is -2.18. The fourth-order valence-electron chi connectivity index (χ4n) is 3.38. The van der Waals surface area contributed by atoms with Crippen LogP contribution in [0.4, 0.5) is 5.69 Å². The van der Waals surface area contributed by atoms with Crippen molar-refractivity contribution in [2.75, 3.05) is 11.1 Å². The van der Waals surface area contributed by atoms with E-state index in [9.17, 15) is 9.59 Å². The number of anilines is 1. The zero-order valence-corrected chi connectivity index (χ0v) is 16.9. The highest BCUT2D eigenvalue weighted by molar-refractivity contribution is 8.00. The van der Waals surface area contributed by atoms with Crippen LogP contribution in [0, 0.1) is 5.92 Å². The van der Waals surface area contributed by atoms with E-state index in [2.05, 4.69) is 22.2 Å². The number of thioether (sulfide) groups is 1. The molecule has 1 aliphatic rings. The molecule has 0 saturated heterocycles. The van der Waals surface area contributed by atoms with Crippen LogP contribution in [0.5, 0.6) is 0 Å². The van der Waals surface area contributed by atoms with Gasteiger partial charge in [0.25, 0.3) is 0 Å². The largest absolute Gasteiger partial charge is 0.478 e. The fourth-order valence-corrected chi connectivity index (χ4v) is 5.62. The number of aryl methyl sites for hydroxylation is 1. The summed E-state index contributed by atoms with van der Waals surface area (Å²) >= 11 is 3.16. The summed E-state index contributed by atoms with van der Waals surface area (Å²) in [7, 11) is 0. The molecule has 1 aliphatic carbocycles. The minimum absolute atomic E-state index is 0.155. The minimum Gasteiger partial charge on any atom is -0.478 e. The van der Waals surface area contributed by atoms with E-state index in [0.717, 1.165) is 28.1 Å². The standard InChI is InChI=1S/C20H19N3O3S2/c1-11-2-7-14-15(8-11)28-19-17(14)18(21-10-22-19)27-9-16(24)23-13-5-3-12(4-6-13)20(25)26/h3-6,10-11H,2,7-9H2,1H3,(H,23,24)(H,25,26)/t11-/m1/s1. The number of carboxylic acids is 1. The molecular formula is C20H19N3O3S2. The number of aromatic carboxylic acids is 1. The molecule has 0 aliphatic heterocycles. The third-order valence-corrected chi connectivity index (χ3v) is 6.96. The Hall–Kier alpha value is -2.45. The van der Waals surface area contributed by atoms with Crippen molar-refractivity contribution in [2.45, 2.75) is 31.2 Å². The molecule has 3 aromatic rings. The highest BCUT2D eigenvalue weighted by Crippen LogP contribution is 2.40. The molecule has 0 unspecified atom stereocenters. The summed E-state index contributed by atoms with van der Waals surface area (Å²) in [6.07, 6.45) is 4.87. The van der Waals surface area contributed by atoms with Crippen molar-refractivity contribution in [1.82, 2.24) is 9.97 Å². The monoisotopic (exact) mass is 413 g/mol. The van der Waals surface area contributed by atoms with E-state index >= 15 is 0 Å². The number of nitrogens with one attached hydrogen (secondary N) is 1. The third kappa shape index (κ3) is 3.88. The Kier molecular flexibility index (Phi) is 5.32. The zero-order chi connectivity index (χ0) is 19.7. The van der Waals surface area contributed by atoms with Gasteiger partial charge in [-0.3, -0.25) is 4.79 Å². The molecule has 1 aromatic carbocycles. The Bertz CT molecular complexity index is 1050. The van der Waals surface area contributed by atoms with E-state index in [-0.39, 0.29) is 17.2 Å². The SMILES string of the molecule is C[C@@H]1CCc2c(sc3ncnc(SCC(=O)Nc4ccc(C(=O)O)cc4)c23)C1. The lowest BCUT2D eigenvalue weighted by atomic mass is 9.89. The fraction of sp³-hybridized carbons (Fsp3) is 0.300. The Balaban J connectivity index is 1.46. The molecule has 0 fully saturated rings. The van der Waals surface area contributed by atoms with Crippen LogP contribution in [0.15, 0.2) is 35.6 Å². The van der Waals surface area contributed by atoms with Crippen molar-refractivity contribution in [3.63, 3.8) is 0 Å². The smallest absolute Gasteiger partial charge is 0.335 e. The molecule has 28 heavy (non-hydrogen) atoms. The number of carbonyl (C=O) groups is 2. The number of carboxylic acid groups (broad SMARTS) is 1. The number of carbonyl (C=O) groups excluding carboxylic acids is 1. The van der Waals surface area contributed by atoms with Gasteiger partial charge in [0.1, 0.15) is 16.2 Å². The van der Waals surface area contributed by atoms with Crippen molar-refractivity contribution in [3.8, 4) is 0 Å². The summed E-state index contributed by atoms with van der Waals surface area (Å²) in [5, 5.41) is 13.7. The molecule has 144 valence electrons. The molecule has 4 rings (SSSR count). The van der Waals surface area contributed by atoms with Crippen LogP contribution in [0.1, 0.15) is 34.1 Å². The molecule has 6 nitrogen and oxygen atoms in total. The van der Waals surface area contributed by atoms with Crippen LogP contribution in [-0.2, 0) is 17.6 Å². The first-order valence-electron chi connectivity index (χ1n) is 9.02. The van der Waals surface area contributed by atoms with Crippen molar-refractivity contribution in [2.24, 2.45) is 5.92 Å². The van der Waals surface area contributed by atoms with Gasteiger partial charge in [0.15, 0.2) is 0 Å². The average molecular weight is 414 g/mol. The van der Waals surface area contributed by atoms with Gasteiger partial charge in [0.05, 0.1) is 11.3 Å². The normalized spacial score (nSPS) is 16.0. The quantitative estimate of drug-likeness (QED) is 0.480. The maximum Gasteiger partial charge on any atom is 0.335 e. The van der Waals surface area contributed by atoms with Gasteiger partial charge in [-0.05, 0) is 55.0 Å². The number of hydrogen-bond acceptors (Lipinski definition) is 6. The van der Waals surface area contributed by atoms with Crippen molar-refractivity contribution in [1.29, 1.82) is 0 Å². The topological polar surface area (TPSA) is 92.2 Å². The summed E-state index contributed by atoms with van der Waals surface area (Å²) < 4.78 is 0. The van der Waals surface area contributed by atoms with Crippen molar-refractivity contribution < 1.29 is 14.7 Å². The second-order valence-electron chi connectivity index (χ2n) is 6.93. The van der Waals surface area contributed by atoms with Crippen LogP contribution < -0.4 is 5.32 Å². The first-order chi connectivity index (χ1) is 13.5. The Morgan fingerprint density at radius 2 is 2.07 bits per heavy atom. The van der Waals surface area contributed by atoms with E-state index in [1.807, 2.05) is 0 Å². The molecule has 2 N–H and O–H groups in total. The molecule has 0 saturated carbocycles. The van der Waals surface area contributed by atoms with E-state index in [0.29, 0.717) is 11.6 Å². The predicted octanol–water partition coefficient (Wildman–Crippen LogP) is 4.25. The van der Waals surface area contributed by atoms with Gasteiger partial charge in [0, 0.05) is 16.0 Å². The number of nitrogens with zero attached hydrogens (tertiary/aromatic N) is 2. The van der Waals surface area contributed by atoms with Crippen LogP contribution in [0.25, 0.3) is 10.2 Å². The van der Waals surface area contributed by atoms with Gasteiger partial charge in [-0.15, -0.1) is 11.3 Å². The van der Waals surface area contributed by atoms with Gasteiger partial charge in [0.2, 0.25) is 5.91 Å². The summed E-state index contributed by atoms with van der Waals surface area (Å²) in [6, 6.07) is 6.12. The Morgan fingerprint density at radius 1 is 1.29 bits per heavy atom. The Labute approximate surface area is 170 Å². The molecule has 1 atom stereocenters. The van der Waals surface area contributed by atoms with Gasteiger partial charge in [-0.2, -0.15) is 0 Å². The van der Waals surface area contributed by atoms with E-state index < -0.39 is 5.97 Å². The number of amides is 1. The first-order valence-corrected chi connectivity index (χ1v) is 10.8. The number of hydrogen-bond donors (Lipinski definition) is 2. The summed E-state index contributed by atoms with van der Waals surface area (Å²) in [5.74, 6) is -0.219. The lowest BCUT2D eigenvalue weighted by molar-refractivity contribution is -0.113. The lowest BCUT2D eigenvalue weighted by Crippen LogP contribution is -2.14. The van der Waals surface area contributed by atoms with E-state index in [4.69, 9.17) is 5.11 Å². The number of thiophene rings is 1. The van der Waals surface area contributed by atoms with Crippen LogP contribution in [-0.4, -0.2) is 32.7 Å². The third-order valence-electron chi connectivity index (χ3n) is 4.81. The van der Waals surface area contributed by atoms with Crippen molar-refractivity contribution in [3.05, 3.63) is 46.6 Å². The predicted molar refractivity (Wildman–Crippen MR) is 111 cm³/mol. The maximum absolute atomic E-state index is 12.3. The first kappa shape index (κ1) is 18.9. The number of fused-ring (bicyclic) bond motifs is 3. The van der Waals surface area contributed by atoms with E-state index in [1.54, 1.807) is 29.8 Å². The van der Waals surface area contributed by atoms with Gasteiger partial charge in [-0.25, -0.2) is 14.8 Å². The summed E-state index contributed by atoms with van der Waals surface area (Å²) in [6.45, 7) is 2.28. The second kappa shape index (κ2) is 7.89. The maximum atomic E-state index is 12.3. The highest BCUT2D eigenvalue weighted by Gasteiger charge is 2.23. The molecule has 0 bridgehead atoms. The van der Waals surface area contributed by atoms with Crippen LogP contribution in [0.2, 0.25) is 0 Å². The molecule has 0 spiro atoms. The molecule has 8 heteroatoms. The number of rotatable bonds is 5. The molecular weight excluding hydrogens is 394 g/mol. The molecule has 0 radical (unpaired) electrons. The number of benzene rings is 1. The highest BCUT2D eigenvalue weighted by atomic mass is 32.2. The van der Waals surface area contributed by atoms with Gasteiger partial charge >= 0.3 is 5.97 Å². The minimum atomic E-state index is -0.991. The molecule has 1 amide bonds. The van der Waals surface area contributed by atoms with Crippen LogP contribution in [0.3, 0.4) is 0 Å². The van der Waals surface area contributed by atoms with Gasteiger partial charge < -0.3 is 10.4 Å². The average Bonchev–Trinajstić information content (AvgIpc) is 3.04. The van der Waals surface area contributed by atoms with Gasteiger partial charge in [-0.1, -0.05) is 18.7 Å². The Morgan fingerprint density at radius 3 is 2.82 bits per heavy atom.